The van der Waals surface area contributed by atoms with Crippen LogP contribution in [0.5, 0.6) is 0 Å². The third-order valence-electron chi connectivity index (χ3n) is 6.93. The van der Waals surface area contributed by atoms with Crippen molar-refractivity contribution >= 4 is 28.4 Å². The first-order chi connectivity index (χ1) is 18.4. The molecule has 0 radical (unpaired) electrons. The topological polar surface area (TPSA) is 59.0 Å². The van der Waals surface area contributed by atoms with Crippen molar-refractivity contribution in [1.82, 2.24) is 14.9 Å². The van der Waals surface area contributed by atoms with Crippen molar-refractivity contribution in [3.05, 3.63) is 83.7 Å². The number of H-pyrrole nitrogens is 1. The van der Waals surface area contributed by atoms with Crippen molar-refractivity contribution < 1.29 is 13.2 Å². The van der Waals surface area contributed by atoms with E-state index in [1.54, 1.807) is 0 Å². The molecule has 1 aliphatic rings. The SMILES string of the molecule is N#Cc1ccc2[nH]cc(CCCCN3CCN(c4ccc(Sc5ccc(C(F)(F)F)cn5)cc4)CC3)c2c1. The molecule has 1 aliphatic heterocycles. The number of alkyl halides is 3. The summed E-state index contributed by atoms with van der Waals surface area (Å²) in [6.45, 7) is 5.04. The largest absolute Gasteiger partial charge is 0.417 e. The van der Waals surface area contributed by atoms with Crippen molar-refractivity contribution in [2.45, 2.75) is 35.4 Å². The second-order valence-corrected chi connectivity index (χ2v) is 10.5. The average Bonchev–Trinajstić information content (AvgIpc) is 3.34. The molecule has 0 amide bonds. The molecule has 0 bridgehead atoms. The zero-order valence-corrected chi connectivity index (χ0v) is 21.7. The Labute approximate surface area is 224 Å². The van der Waals surface area contributed by atoms with Crippen LogP contribution in [0.3, 0.4) is 0 Å². The molecule has 3 heterocycles. The van der Waals surface area contributed by atoms with Gasteiger partial charge in [0, 0.05) is 60.1 Å². The normalized spacial score (nSPS) is 14.6. The molecular weight excluding hydrogens is 507 g/mol. The van der Waals surface area contributed by atoms with E-state index in [0.717, 1.165) is 85.7 Å². The van der Waals surface area contributed by atoms with Gasteiger partial charge in [-0.1, -0.05) is 11.8 Å². The van der Waals surface area contributed by atoms with Gasteiger partial charge in [0.25, 0.3) is 0 Å². The van der Waals surface area contributed by atoms with Gasteiger partial charge < -0.3 is 9.88 Å². The van der Waals surface area contributed by atoms with Gasteiger partial charge in [0.1, 0.15) is 5.03 Å². The minimum atomic E-state index is -4.37. The predicted molar refractivity (Wildman–Crippen MR) is 144 cm³/mol. The van der Waals surface area contributed by atoms with Gasteiger partial charge in [-0.15, -0.1) is 0 Å². The van der Waals surface area contributed by atoms with Gasteiger partial charge in [-0.05, 0) is 86.0 Å². The molecule has 9 heteroatoms. The van der Waals surface area contributed by atoms with E-state index in [0.29, 0.717) is 10.6 Å². The maximum atomic E-state index is 12.7. The first-order valence-corrected chi connectivity index (χ1v) is 13.5. The first-order valence-electron chi connectivity index (χ1n) is 12.7. The summed E-state index contributed by atoms with van der Waals surface area (Å²) in [5.74, 6) is 0. The Balaban J connectivity index is 1.05. The number of anilines is 1. The van der Waals surface area contributed by atoms with Crippen LogP contribution in [0, 0.1) is 11.3 Å². The van der Waals surface area contributed by atoms with Crippen LogP contribution in [0.2, 0.25) is 0 Å². The molecule has 2 aromatic heterocycles. The highest BCUT2D eigenvalue weighted by Crippen LogP contribution is 2.32. The van der Waals surface area contributed by atoms with E-state index >= 15 is 0 Å². The number of hydrogen-bond acceptors (Lipinski definition) is 5. The number of aromatic amines is 1. The van der Waals surface area contributed by atoms with Crippen LogP contribution < -0.4 is 4.90 Å². The number of fused-ring (bicyclic) bond motifs is 1. The number of rotatable bonds is 8. The molecule has 0 atom stereocenters. The summed E-state index contributed by atoms with van der Waals surface area (Å²) in [5.41, 5.74) is 3.47. The summed E-state index contributed by atoms with van der Waals surface area (Å²) in [7, 11) is 0. The van der Waals surface area contributed by atoms with Crippen LogP contribution in [0.15, 0.2) is 76.9 Å². The lowest BCUT2D eigenvalue weighted by molar-refractivity contribution is -0.137. The van der Waals surface area contributed by atoms with Crippen molar-refractivity contribution in [2.75, 3.05) is 37.6 Å². The molecule has 38 heavy (non-hydrogen) atoms. The Morgan fingerprint density at radius 3 is 2.45 bits per heavy atom. The Morgan fingerprint density at radius 1 is 0.974 bits per heavy atom. The fourth-order valence-electron chi connectivity index (χ4n) is 4.79. The van der Waals surface area contributed by atoms with Gasteiger partial charge in [0.15, 0.2) is 0 Å². The maximum absolute atomic E-state index is 12.7. The van der Waals surface area contributed by atoms with Gasteiger partial charge in [-0.3, -0.25) is 4.90 Å². The number of aromatic nitrogens is 2. The number of nitrogens with one attached hydrogen (secondary N) is 1. The minimum absolute atomic E-state index is 0.538. The zero-order chi connectivity index (χ0) is 26.5. The van der Waals surface area contributed by atoms with Gasteiger partial charge in [0.05, 0.1) is 17.2 Å². The summed E-state index contributed by atoms with van der Waals surface area (Å²) < 4.78 is 38.2. The van der Waals surface area contributed by atoms with Crippen LogP contribution in [0.1, 0.15) is 29.5 Å². The van der Waals surface area contributed by atoms with Gasteiger partial charge >= 0.3 is 6.18 Å². The number of benzene rings is 2. The molecule has 5 rings (SSSR count). The van der Waals surface area contributed by atoms with E-state index in [9.17, 15) is 13.2 Å². The van der Waals surface area contributed by atoms with E-state index in [4.69, 9.17) is 5.26 Å². The first kappa shape index (κ1) is 26.1. The number of halogens is 3. The van der Waals surface area contributed by atoms with Crippen molar-refractivity contribution in [1.29, 1.82) is 5.26 Å². The number of nitrogens with zero attached hydrogens (tertiary/aromatic N) is 4. The Bertz CT molecular complexity index is 1400. The molecule has 196 valence electrons. The van der Waals surface area contributed by atoms with Crippen LogP contribution >= 0.6 is 11.8 Å². The summed E-state index contributed by atoms with van der Waals surface area (Å²) in [5, 5.41) is 10.9. The standard InChI is InChI=1S/C29H28F3N5S/c30-29(31,32)23-5-11-28(35-20-23)38-25-8-6-24(7-9-25)37-15-13-36(14-16-37)12-2-1-3-22-19-34-27-10-4-21(18-33)17-26(22)27/h4-11,17,19-20,34H,1-3,12-16H2. The van der Waals surface area contributed by atoms with E-state index in [2.05, 4.69) is 44.2 Å². The van der Waals surface area contributed by atoms with Gasteiger partial charge in [-0.25, -0.2) is 4.98 Å². The third-order valence-corrected chi connectivity index (χ3v) is 7.89. The Hall–Kier alpha value is -3.48. The van der Waals surface area contributed by atoms with E-state index in [-0.39, 0.29) is 0 Å². The van der Waals surface area contributed by atoms with Gasteiger partial charge in [0.2, 0.25) is 0 Å². The fourth-order valence-corrected chi connectivity index (χ4v) is 5.54. The van der Waals surface area contributed by atoms with Crippen molar-refractivity contribution in [2.24, 2.45) is 0 Å². The lowest BCUT2D eigenvalue weighted by Gasteiger charge is -2.36. The fraction of sp³-hybridized carbons (Fsp3) is 0.310. The monoisotopic (exact) mass is 535 g/mol. The predicted octanol–water partition coefficient (Wildman–Crippen LogP) is 6.75. The van der Waals surface area contributed by atoms with Crippen molar-refractivity contribution in [3.8, 4) is 6.07 Å². The molecule has 1 fully saturated rings. The summed E-state index contributed by atoms with van der Waals surface area (Å²) in [6.07, 6.45) is 1.81. The molecule has 0 unspecified atom stereocenters. The Morgan fingerprint density at radius 2 is 1.76 bits per heavy atom. The summed E-state index contributed by atoms with van der Waals surface area (Å²) >= 11 is 1.35. The average molecular weight is 536 g/mol. The second-order valence-electron chi connectivity index (χ2n) is 9.45. The molecule has 4 aromatic rings. The molecule has 5 nitrogen and oxygen atoms in total. The smallest absolute Gasteiger partial charge is 0.369 e. The molecular formula is C29H28F3N5S. The molecule has 1 N–H and O–H groups in total. The number of hydrogen-bond donors (Lipinski definition) is 1. The van der Waals surface area contributed by atoms with Crippen LogP contribution in [0.25, 0.3) is 10.9 Å². The van der Waals surface area contributed by atoms with E-state index in [1.807, 2.05) is 30.3 Å². The minimum Gasteiger partial charge on any atom is -0.369 e. The third kappa shape index (κ3) is 6.32. The second kappa shape index (κ2) is 11.5. The molecule has 2 aromatic carbocycles. The number of aryl methyl sites for hydroxylation is 1. The van der Waals surface area contributed by atoms with Crippen LogP contribution in [-0.4, -0.2) is 47.6 Å². The van der Waals surface area contributed by atoms with Crippen LogP contribution in [-0.2, 0) is 12.6 Å². The highest BCUT2D eigenvalue weighted by Gasteiger charge is 2.30. The number of piperazine rings is 1. The lowest BCUT2D eigenvalue weighted by atomic mass is 10.1. The van der Waals surface area contributed by atoms with Gasteiger partial charge in [-0.2, -0.15) is 18.4 Å². The highest BCUT2D eigenvalue weighted by molar-refractivity contribution is 7.99. The molecule has 0 aliphatic carbocycles. The lowest BCUT2D eigenvalue weighted by Crippen LogP contribution is -2.46. The molecule has 0 saturated carbocycles. The molecule has 1 saturated heterocycles. The summed E-state index contributed by atoms with van der Waals surface area (Å²) in [6, 6.07) is 18.6. The molecule has 0 spiro atoms. The van der Waals surface area contributed by atoms with E-state index in [1.165, 1.54) is 23.4 Å². The van der Waals surface area contributed by atoms with E-state index < -0.39 is 11.7 Å². The van der Waals surface area contributed by atoms with Crippen LogP contribution in [0.4, 0.5) is 18.9 Å². The number of pyridine rings is 1. The zero-order valence-electron chi connectivity index (χ0n) is 20.8. The number of nitriles is 1. The summed E-state index contributed by atoms with van der Waals surface area (Å²) in [4.78, 5) is 13.1. The number of unbranched alkanes of at least 4 members (excludes halogenated alkanes) is 1. The quantitative estimate of drug-likeness (QED) is 0.253. The Kier molecular flexibility index (Phi) is 7.91. The highest BCUT2D eigenvalue weighted by atomic mass is 32.2. The van der Waals surface area contributed by atoms with Crippen molar-refractivity contribution in [3.63, 3.8) is 0 Å². The maximum Gasteiger partial charge on any atom is 0.417 e.